The van der Waals surface area contributed by atoms with E-state index in [1.165, 1.54) is 0 Å². The maximum absolute atomic E-state index is 12.0. The summed E-state index contributed by atoms with van der Waals surface area (Å²) in [4.78, 5) is 13.6. The standard InChI is InChI=1S/C11H18N2O/c1-4-8-13(5-2)10(14)11(3,12)9-6-7-9/h1,9H,5-8,12H2,2-3H3. The van der Waals surface area contributed by atoms with Crippen LogP contribution in [0.25, 0.3) is 0 Å². The zero-order chi connectivity index (χ0) is 10.8. The van der Waals surface area contributed by atoms with E-state index in [4.69, 9.17) is 12.2 Å². The number of carbonyl (C=O) groups is 1. The van der Waals surface area contributed by atoms with E-state index in [1.807, 2.05) is 13.8 Å². The molecule has 0 aromatic heterocycles. The number of nitrogens with two attached hydrogens (primary N) is 1. The highest BCUT2D eigenvalue weighted by Gasteiger charge is 2.45. The van der Waals surface area contributed by atoms with Gasteiger partial charge in [0, 0.05) is 6.54 Å². The number of hydrogen-bond donors (Lipinski definition) is 1. The van der Waals surface area contributed by atoms with Crippen LogP contribution in [0, 0.1) is 18.3 Å². The van der Waals surface area contributed by atoms with Crippen LogP contribution in [0.5, 0.6) is 0 Å². The van der Waals surface area contributed by atoms with Crippen LogP contribution in [-0.4, -0.2) is 29.4 Å². The molecule has 0 aromatic rings. The third kappa shape index (κ3) is 2.08. The topological polar surface area (TPSA) is 46.3 Å². The number of rotatable bonds is 4. The fourth-order valence-electron chi connectivity index (χ4n) is 1.64. The normalized spacial score (nSPS) is 19.6. The van der Waals surface area contributed by atoms with E-state index >= 15 is 0 Å². The number of hydrogen-bond acceptors (Lipinski definition) is 2. The minimum atomic E-state index is -0.715. The fourth-order valence-corrected chi connectivity index (χ4v) is 1.64. The lowest BCUT2D eigenvalue weighted by atomic mass is 9.95. The quantitative estimate of drug-likeness (QED) is 0.666. The first-order valence-electron chi connectivity index (χ1n) is 5.05. The van der Waals surface area contributed by atoms with Crippen LogP contribution in [0.3, 0.4) is 0 Å². The van der Waals surface area contributed by atoms with E-state index in [2.05, 4.69) is 5.92 Å². The van der Waals surface area contributed by atoms with Gasteiger partial charge in [-0.25, -0.2) is 0 Å². The van der Waals surface area contributed by atoms with Gasteiger partial charge in [0.15, 0.2) is 0 Å². The third-order valence-electron chi connectivity index (χ3n) is 2.84. The smallest absolute Gasteiger partial charge is 0.243 e. The van der Waals surface area contributed by atoms with Crippen LogP contribution < -0.4 is 5.73 Å². The summed E-state index contributed by atoms with van der Waals surface area (Å²) < 4.78 is 0. The summed E-state index contributed by atoms with van der Waals surface area (Å²) in [6.07, 6.45) is 7.32. The fraction of sp³-hybridized carbons (Fsp3) is 0.727. The first-order chi connectivity index (χ1) is 6.54. The van der Waals surface area contributed by atoms with Gasteiger partial charge in [0.25, 0.3) is 0 Å². The average molecular weight is 194 g/mol. The summed E-state index contributed by atoms with van der Waals surface area (Å²) in [5.74, 6) is 2.82. The predicted molar refractivity (Wildman–Crippen MR) is 56.4 cm³/mol. The first kappa shape index (κ1) is 11.1. The Morgan fingerprint density at radius 3 is 2.64 bits per heavy atom. The molecule has 1 aliphatic carbocycles. The van der Waals surface area contributed by atoms with Crippen LogP contribution >= 0.6 is 0 Å². The van der Waals surface area contributed by atoms with Gasteiger partial charge in [-0.2, -0.15) is 0 Å². The van der Waals surface area contributed by atoms with Crippen molar-refractivity contribution in [1.82, 2.24) is 4.90 Å². The van der Waals surface area contributed by atoms with Crippen LogP contribution in [0.1, 0.15) is 26.7 Å². The van der Waals surface area contributed by atoms with Crippen molar-refractivity contribution in [3.05, 3.63) is 0 Å². The predicted octanol–water partition coefficient (Wildman–Crippen LogP) is 0.595. The molecule has 3 nitrogen and oxygen atoms in total. The molecule has 78 valence electrons. The van der Waals surface area contributed by atoms with Crippen LogP contribution in [-0.2, 0) is 4.79 Å². The SMILES string of the molecule is C#CCN(CC)C(=O)C(C)(N)C1CC1. The van der Waals surface area contributed by atoms with Gasteiger partial charge in [0.2, 0.25) is 5.91 Å². The molecule has 0 aromatic carbocycles. The molecule has 0 radical (unpaired) electrons. The van der Waals surface area contributed by atoms with Crippen LogP contribution in [0.15, 0.2) is 0 Å². The molecule has 1 unspecified atom stereocenters. The molecular weight excluding hydrogens is 176 g/mol. The van der Waals surface area contributed by atoms with E-state index in [0.29, 0.717) is 19.0 Å². The van der Waals surface area contributed by atoms with Gasteiger partial charge in [0.05, 0.1) is 12.1 Å². The highest BCUT2D eigenvalue weighted by Crippen LogP contribution is 2.38. The lowest BCUT2D eigenvalue weighted by Crippen LogP contribution is -2.54. The Balaban J connectivity index is 2.66. The Morgan fingerprint density at radius 2 is 2.29 bits per heavy atom. The Hall–Kier alpha value is -1.01. The number of terminal acetylenes is 1. The largest absolute Gasteiger partial charge is 0.330 e. The van der Waals surface area contributed by atoms with Crippen molar-refractivity contribution in [2.24, 2.45) is 11.7 Å². The van der Waals surface area contributed by atoms with Crippen LogP contribution in [0.2, 0.25) is 0 Å². The third-order valence-corrected chi connectivity index (χ3v) is 2.84. The lowest BCUT2D eigenvalue weighted by molar-refractivity contribution is -0.136. The maximum Gasteiger partial charge on any atom is 0.243 e. The molecule has 0 heterocycles. The van der Waals surface area contributed by atoms with Gasteiger partial charge in [-0.15, -0.1) is 6.42 Å². The summed E-state index contributed by atoms with van der Waals surface area (Å²) in [6.45, 7) is 4.71. The lowest BCUT2D eigenvalue weighted by Gasteiger charge is -2.30. The molecule has 1 aliphatic rings. The molecule has 14 heavy (non-hydrogen) atoms. The minimum absolute atomic E-state index is 0.0135. The molecular formula is C11H18N2O. The number of nitrogens with zero attached hydrogens (tertiary/aromatic N) is 1. The van der Waals surface area contributed by atoms with Gasteiger partial charge in [-0.1, -0.05) is 5.92 Å². The minimum Gasteiger partial charge on any atom is -0.330 e. The first-order valence-corrected chi connectivity index (χ1v) is 5.05. The summed E-state index contributed by atoms with van der Waals surface area (Å²) in [5, 5.41) is 0. The van der Waals surface area contributed by atoms with Crippen molar-refractivity contribution in [3.63, 3.8) is 0 Å². The Kier molecular flexibility index (Phi) is 3.17. The van der Waals surface area contributed by atoms with Gasteiger partial charge in [0.1, 0.15) is 0 Å². The van der Waals surface area contributed by atoms with E-state index in [9.17, 15) is 4.79 Å². The van der Waals surface area contributed by atoms with Crippen molar-refractivity contribution in [2.45, 2.75) is 32.2 Å². The second kappa shape index (κ2) is 4.02. The summed E-state index contributed by atoms with van der Waals surface area (Å²) in [5.41, 5.74) is 5.30. The molecule has 1 rings (SSSR count). The number of amides is 1. The van der Waals surface area contributed by atoms with Crippen molar-refractivity contribution in [3.8, 4) is 12.3 Å². The van der Waals surface area contributed by atoms with E-state index in [-0.39, 0.29) is 5.91 Å². The van der Waals surface area contributed by atoms with Gasteiger partial charge >= 0.3 is 0 Å². The zero-order valence-electron chi connectivity index (χ0n) is 8.92. The monoisotopic (exact) mass is 194 g/mol. The Labute approximate surface area is 85.6 Å². The van der Waals surface area contributed by atoms with Gasteiger partial charge < -0.3 is 10.6 Å². The molecule has 0 bridgehead atoms. The second-order valence-corrected chi connectivity index (χ2v) is 4.08. The summed E-state index contributed by atoms with van der Waals surface area (Å²) >= 11 is 0. The zero-order valence-corrected chi connectivity index (χ0v) is 8.92. The van der Waals surface area contributed by atoms with E-state index in [0.717, 1.165) is 12.8 Å². The van der Waals surface area contributed by atoms with E-state index in [1.54, 1.807) is 4.90 Å². The molecule has 1 atom stereocenters. The van der Waals surface area contributed by atoms with Crippen molar-refractivity contribution >= 4 is 5.91 Å². The molecule has 0 saturated heterocycles. The molecule has 2 N–H and O–H groups in total. The molecule has 1 amide bonds. The van der Waals surface area contributed by atoms with Crippen molar-refractivity contribution in [1.29, 1.82) is 0 Å². The molecule has 3 heteroatoms. The summed E-state index contributed by atoms with van der Waals surface area (Å²) in [7, 11) is 0. The van der Waals surface area contributed by atoms with Crippen LogP contribution in [0.4, 0.5) is 0 Å². The Bertz CT molecular complexity index is 261. The van der Waals surface area contributed by atoms with E-state index < -0.39 is 5.54 Å². The van der Waals surface area contributed by atoms with Gasteiger partial charge in [-0.3, -0.25) is 4.79 Å². The van der Waals surface area contributed by atoms with Gasteiger partial charge in [-0.05, 0) is 32.6 Å². The Morgan fingerprint density at radius 1 is 1.71 bits per heavy atom. The number of carbonyl (C=O) groups excluding carboxylic acids is 1. The molecule has 1 fully saturated rings. The van der Waals surface area contributed by atoms with Crippen molar-refractivity contribution < 1.29 is 4.79 Å². The maximum atomic E-state index is 12.0. The number of likely N-dealkylation sites (N-methyl/N-ethyl adjacent to an activating group) is 1. The second-order valence-electron chi connectivity index (χ2n) is 4.08. The highest BCUT2D eigenvalue weighted by atomic mass is 16.2. The summed E-state index contributed by atoms with van der Waals surface area (Å²) in [6, 6.07) is 0. The molecule has 0 aliphatic heterocycles. The highest BCUT2D eigenvalue weighted by molar-refractivity contribution is 5.86. The average Bonchev–Trinajstić information content (AvgIpc) is 2.96. The molecule has 1 saturated carbocycles. The molecule has 0 spiro atoms. The van der Waals surface area contributed by atoms with Crippen molar-refractivity contribution in [2.75, 3.05) is 13.1 Å².